The molecule has 0 bridgehead atoms. The molecule has 1 aliphatic heterocycles. The molecule has 1 fully saturated rings. The summed E-state index contributed by atoms with van der Waals surface area (Å²) in [4.78, 5) is 14.9. The second-order valence-corrected chi connectivity index (χ2v) is 7.51. The first-order valence-electron chi connectivity index (χ1n) is 9.50. The molecule has 0 saturated carbocycles. The third-order valence-electron chi connectivity index (χ3n) is 4.80. The molecule has 1 heterocycles. The van der Waals surface area contributed by atoms with Crippen LogP contribution in [-0.4, -0.2) is 61.5 Å². The highest BCUT2D eigenvalue weighted by Gasteiger charge is 2.26. The molecule has 2 unspecified atom stereocenters. The summed E-state index contributed by atoms with van der Waals surface area (Å²) in [6.07, 6.45) is 0.299. The minimum Gasteiger partial charge on any atom is -0.489 e. The molecule has 3 N–H and O–H groups in total. The summed E-state index contributed by atoms with van der Waals surface area (Å²) in [5.41, 5.74) is 5.89. The Hall–Kier alpha value is -2.48. The third kappa shape index (κ3) is 6.00. The minimum atomic E-state index is -0.670. The molecule has 0 radical (unpaired) electrons. The smallest absolute Gasteiger partial charge is 0.319 e. The van der Waals surface area contributed by atoms with Crippen LogP contribution in [0.4, 0.5) is 10.5 Å². The summed E-state index contributed by atoms with van der Waals surface area (Å²) in [6.45, 7) is 2.17. The number of aliphatic hydroxyl groups excluding tert-OH is 1. The molecule has 7 nitrogen and oxygen atoms in total. The van der Waals surface area contributed by atoms with E-state index in [-0.39, 0.29) is 12.7 Å². The summed E-state index contributed by atoms with van der Waals surface area (Å²) in [6, 6.07) is 13.8. The fraction of sp³-hybridized carbons (Fsp3) is 0.381. The maximum atomic E-state index is 11.4. The van der Waals surface area contributed by atoms with Crippen molar-refractivity contribution in [1.29, 1.82) is 0 Å². The van der Waals surface area contributed by atoms with Gasteiger partial charge in [0, 0.05) is 31.7 Å². The number of carbonyl (C=O) groups excluding carboxylic acids is 1. The normalized spacial score (nSPS) is 17.7. The number of nitrogens with zero attached hydrogens (tertiary/aromatic N) is 2. The Balaban J connectivity index is 1.46. The molecule has 0 spiro atoms. The lowest BCUT2D eigenvalue weighted by atomic mass is 10.2. The number of carbonyl (C=O) groups is 1. The van der Waals surface area contributed by atoms with Crippen molar-refractivity contribution in [2.24, 2.45) is 5.73 Å². The second kappa shape index (κ2) is 9.82. The summed E-state index contributed by atoms with van der Waals surface area (Å²) in [5, 5.41) is 11.1. The number of hydrogen-bond donors (Lipinski definition) is 2. The van der Waals surface area contributed by atoms with Gasteiger partial charge in [0.25, 0.3) is 0 Å². The first-order valence-corrected chi connectivity index (χ1v) is 9.88. The Morgan fingerprint density at radius 3 is 2.76 bits per heavy atom. The molecule has 1 aliphatic rings. The van der Waals surface area contributed by atoms with E-state index in [0.717, 1.165) is 25.3 Å². The summed E-state index contributed by atoms with van der Waals surface area (Å²) < 4.78 is 11.7. The number of likely N-dealkylation sites (tertiary alicyclic amines) is 1. The number of aliphatic hydroxyl groups is 1. The number of amides is 2. The molecule has 156 valence electrons. The number of halogens is 1. The fourth-order valence-corrected chi connectivity index (χ4v) is 3.40. The van der Waals surface area contributed by atoms with E-state index in [1.54, 1.807) is 43.4 Å². The quantitative estimate of drug-likeness (QED) is 0.686. The first kappa shape index (κ1) is 21.2. The van der Waals surface area contributed by atoms with E-state index in [0.29, 0.717) is 23.0 Å². The zero-order valence-electron chi connectivity index (χ0n) is 16.3. The third-order valence-corrected chi connectivity index (χ3v) is 5.05. The second-order valence-electron chi connectivity index (χ2n) is 7.07. The number of para-hydroxylation sites is 2. The molecule has 2 atom stereocenters. The predicted molar refractivity (Wildman–Crippen MR) is 113 cm³/mol. The molecule has 3 rings (SSSR count). The van der Waals surface area contributed by atoms with Crippen molar-refractivity contribution < 1.29 is 19.4 Å². The number of rotatable bonds is 8. The summed E-state index contributed by atoms with van der Waals surface area (Å²) in [7, 11) is 1.58. The van der Waals surface area contributed by atoms with Crippen LogP contribution in [0.3, 0.4) is 0 Å². The number of nitrogens with two attached hydrogens (primary N) is 1. The number of anilines is 1. The lowest BCUT2D eigenvalue weighted by molar-refractivity contribution is 0.0722. The van der Waals surface area contributed by atoms with Gasteiger partial charge in [0.05, 0.1) is 5.69 Å². The van der Waals surface area contributed by atoms with Gasteiger partial charge >= 0.3 is 6.03 Å². The molecule has 1 saturated heterocycles. The average Bonchev–Trinajstić information content (AvgIpc) is 3.14. The van der Waals surface area contributed by atoms with Gasteiger partial charge in [0.1, 0.15) is 30.3 Å². The molecular weight excluding hydrogens is 394 g/mol. The SMILES string of the molecule is CN(C(N)=O)c1ccccc1OCC(O)CN1CCC(Oc2ccc(Cl)cc2)C1. The van der Waals surface area contributed by atoms with Crippen LogP contribution >= 0.6 is 11.6 Å². The summed E-state index contributed by atoms with van der Waals surface area (Å²) >= 11 is 5.90. The molecule has 8 heteroatoms. The topological polar surface area (TPSA) is 88.3 Å². The minimum absolute atomic E-state index is 0.0780. The van der Waals surface area contributed by atoms with Crippen LogP contribution < -0.4 is 20.1 Å². The van der Waals surface area contributed by atoms with E-state index >= 15 is 0 Å². The molecule has 2 amide bonds. The maximum absolute atomic E-state index is 11.4. The molecule has 29 heavy (non-hydrogen) atoms. The highest BCUT2D eigenvalue weighted by atomic mass is 35.5. The van der Waals surface area contributed by atoms with Gasteiger partial charge in [-0.05, 0) is 42.8 Å². The number of urea groups is 1. The van der Waals surface area contributed by atoms with Crippen LogP contribution in [0, 0.1) is 0 Å². The maximum Gasteiger partial charge on any atom is 0.319 e. The molecule has 2 aromatic rings. The van der Waals surface area contributed by atoms with E-state index in [2.05, 4.69) is 4.90 Å². The van der Waals surface area contributed by atoms with Gasteiger partial charge in [-0.3, -0.25) is 9.80 Å². The van der Waals surface area contributed by atoms with Crippen molar-refractivity contribution in [3.05, 3.63) is 53.6 Å². The van der Waals surface area contributed by atoms with Gasteiger partial charge in [0.15, 0.2) is 0 Å². The zero-order valence-corrected chi connectivity index (χ0v) is 17.1. The highest BCUT2D eigenvalue weighted by molar-refractivity contribution is 6.30. The van der Waals surface area contributed by atoms with Gasteiger partial charge in [-0.1, -0.05) is 23.7 Å². The van der Waals surface area contributed by atoms with Crippen molar-refractivity contribution in [3.63, 3.8) is 0 Å². The Kier molecular flexibility index (Phi) is 7.19. The van der Waals surface area contributed by atoms with E-state index < -0.39 is 12.1 Å². The Morgan fingerprint density at radius 1 is 1.31 bits per heavy atom. The van der Waals surface area contributed by atoms with Gasteiger partial charge in [-0.15, -0.1) is 0 Å². The van der Waals surface area contributed by atoms with Crippen LogP contribution in [0.2, 0.25) is 5.02 Å². The van der Waals surface area contributed by atoms with Gasteiger partial charge < -0.3 is 20.3 Å². The molecular formula is C21H26ClN3O4. The number of β-amino-alcohol motifs (C(OH)–C–C–N with tert-alkyl or cyclic N) is 1. The lowest BCUT2D eigenvalue weighted by Crippen LogP contribution is -2.36. The number of ether oxygens (including phenoxy) is 2. The van der Waals surface area contributed by atoms with E-state index in [1.165, 1.54) is 4.90 Å². The van der Waals surface area contributed by atoms with Crippen molar-refractivity contribution in [3.8, 4) is 11.5 Å². The standard InChI is InChI=1S/C21H26ClN3O4/c1-24(21(23)27)19-4-2-3-5-20(19)28-14-16(26)12-25-11-10-18(13-25)29-17-8-6-15(22)7-9-17/h2-9,16,18,26H,10-14H2,1H3,(H2,23,27). The highest BCUT2D eigenvalue weighted by Crippen LogP contribution is 2.27. The monoisotopic (exact) mass is 419 g/mol. The van der Waals surface area contributed by atoms with Crippen molar-refractivity contribution in [2.75, 3.05) is 38.2 Å². The van der Waals surface area contributed by atoms with Crippen LogP contribution in [-0.2, 0) is 0 Å². The van der Waals surface area contributed by atoms with E-state index in [4.69, 9.17) is 26.8 Å². The van der Waals surface area contributed by atoms with Crippen molar-refractivity contribution in [1.82, 2.24) is 4.90 Å². The zero-order chi connectivity index (χ0) is 20.8. The van der Waals surface area contributed by atoms with E-state index in [1.807, 2.05) is 12.1 Å². The lowest BCUT2D eigenvalue weighted by Gasteiger charge is -2.22. The van der Waals surface area contributed by atoms with Crippen LogP contribution in [0.1, 0.15) is 6.42 Å². The Bertz CT molecular complexity index is 818. The van der Waals surface area contributed by atoms with Crippen molar-refractivity contribution in [2.45, 2.75) is 18.6 Å². The van der Waals surface area contributed by atoms with Crippen LogP contribution in [0.5, 0.6) is 11.5 Å². The van der Waals surface area contributed by atoms with Gasteiger partial charge in [-0.25, -0.2) is 4.79 Å². The van der Waals surface area contributed by atoms with Gasteiger partial charge in [0.2, 0.25) is 0 Å². The Morgan fingerprint density at radius 2 is 2.03 bits per heavy atom. The fourth-order valence-electron chi connectivity index (χ4n) is 3.28. The van der Waals surface area contributed by atoms with E-state index in [9.17, 15) is 9.90 Å². The Labute approximate surface area is 175 Å². The molecule has 0 aromatic heterocycles. The van der Waals surface area contributed by atoms with Gasteiger partial charge in [-0.2, -0.15) is 0 Å². The number of hydrogen-bond acceptors (Lipinski definition) is 5. The van der Waals surface area contributed by atoms with Crippen LogP contribution in [0.25, 0.3) is 0 Å². The first-order chi connectivity index (χ1) is 13.9. The average molecular weight is 420 g/mol. The molecule has 0 aliphatic carbocycles. The summed E-state index contributed by atoms with van der Waals surface area (Å²) in [5.74, 6) is 1.29. The number of benzene rings is 2. The largest absolute Gasteiger partial charge is 0.489 e. The van der Waals surface area contributed by atoms with Crippen molar-refractivity contribution >= 4 is 23.3 Å². The predicted octanol–water partition coefficient (Wildman–Crippen LogP) is 2.75. The molecule has 2 aromatic carbocycles. The van der Waals surface area contributed by atoms with Crippen LogP contribution in [0.15, 0.2) is 48.5 Å². The number of primary amides is 1.